The number of likely N-dealkylation sites (tertiary alicyclic amines) is 1. The molecule has 0 spiro atoms. The maximum atomic E-state index is 13.0. The molecular weight excluding hydrogens is 344 g/mol. The first kappa shape index (κ1) is 17.5. The molecule has 140 valence electrons. The molecule has 0 radical (unpaired) electrons. The zero-order valence-corrected chi connectivity index (χ0v) is 15.2. The van der Waals surface area contributed by atoms with E-state index in [0.29, 0.717) is 37.4 Å². The molecular formula is C20H22N4O3. The summed E-state index contributed by atoms with van der Waals surface area (Å²) < 4.78 is 4.98. The average Bonchev–Trinajstić information content (AvgIpc) is 3.37. The summed E-state index contributed by atoms with van der Waals surface area (Å²) in [5.74, 6) is 0.401. The van der Waals surface area contributed by atoms with Gasteiger partial charge in [0.15, 0.2) is 5.69 Å². The van der Waals surface area contributed by atoms with Crippen molar-refractivity contribution >= 4 is 18.0 Å². The predicted octanol–water partition coefficient (Wildman–Crippen LogP) is 2.79. The van der Waals surface area contributed by atoms with E-state index in [1.54, 1.807) is 29.1 Å². The van der Waals surface area contributed by atoms with Gasteiger partial charge in [-0.05, 0) is 25.3 Å². The van der Waals surface area contributed by atoms with Crippen molar-refractivity contribution in [3.63, 3.8) is 0 Å². The van der Waals surface area contributed by atoms with Crippen molar-refractivity contribution in [3.8, 4) is 0 Å². The molecule has 1 aromatic carbocycles. The first-order valence-electron chi connectivity index (χ1n) is 9.26. The number of hydrogen-bond acceptors (Lipinski definition) is 5. The summed E-state index contributed by atoms with van der Waals surface area (Å²) >= 11 is 0. The van der Waals surface area contributed by atoms with Crippen LogP contribution in [0, 0.1) is 12.8 Å². The second kappa shape index (κ2) is 7.34. The lowest BCUT2D eigenvalue weighted by Crippen LogP contribution is -2.43. The third kappa shape index (κ3) is 3.49. The number of aryl methyl sites for hydroxylation is 1. The molecule has 4 rings (SSSR count). The van der Waals surface area contributed by atoms with Crippen molar-refractivity contribution in [3.05, 3.63) is 53.4 Å². The van der Waals surface area contributed by atoms with Crippen molar-refractivity contribution < 1.29 is 14.1 Å². The van der Waals surface area contributed by atoms with Gasteiger partial charge in [-0.2, -0.15) is 5.10 Å². The number of aromatic nitrogens is 1. The van der Waals surface area contributed by atoms with Crippen molar-refractivity contribution in [1.29, 1.82) is 0 Å². The van der Waals surface area contributed by atoms with Gasteiger partial charge in [-0.1, -0.05) is 35.5 Å². The van der Waals surface area contributed by atoms with E-state index in [9.17, 15) is 9.59 Å². The monoisotopic (exact) mass is 366 g/mol. The zero-order chi connectivity index (χ0) is 18.8. The lowest BCUT2D eigenvalue weighted by molar-refractivity contribution is -0.138. The Labute approximate surface area is 157 Å². The van der Waals surface area contributed by atoms with E-state index < -0.39 is 0 Å². The van der Waals surface area contributed by atoms with Crippen molar-refractivity contribution in [2.75, 3.05) is 13.1 Å². The van der Waals surface area contributed by atoms with Crippen LogP contribution in [0.2, 0.25) is 0 Å². The Bertz CT molecular complexity index is 853. The molecule has 1 atom stereocenters. The molecule has 27 heavy (non-hydrogen) atoms. The van der Waals surface area contributed by atoms with Gasteiger partial charge >= 0.3 is 0 Å². The summed E-state index contributed by atoms with van der Waals surface area (Å²) in [6.45, 7) is 2.83. The van der Waals surface area contributed by atoms with Gasteiger partial charge in [-0.3, -0.25) is 9.59 Å². The minimum Gasteiger partial charge on any atom is -0.361 e. The van der Waals surface area contributed by atoms with Gasteiger partial charge < -0.3 is 9.42 Å². The Morgan fingerprint density at radius 2 is 1.89 bits per heavy atom. The van der Waals surface area contributed by atoms with Crippen LogP contribution in [0.25, 0.3) is 0 Å². The molecule has 7 heteroatoms. The van der Waals surface area contributed by atoms with Crippen molar-refractivity contribution in [2.24, 2.45) is 11.0 Å². The molecule has 0 saturated carbocycles. The van der Waals surface area contributed by atoms with E-state index in [2.05, 4.69) is 10.3 Å². The molecule has 0 bridgehead atoms. The van der Waals surface area contributed by atoms with E-state index >= 15 is 0 Å². The predicted molar refractivity (Wildman–Crippen MR) is 99.0 cm³/mol. The Kier molecular flexibility index (Phi) is 4.75. The Balaban J connectivity index is 1.38. The number of carbonyl (C=O) groups excluding carboxylic acids is 2. The average molecular weight is 366 g/mol. The number of hydrazone groups is 1. The van der Waals surface area contributed by atoms with Gasteiger partial charge in [0, 0.05) is 37.7 Å². The second-order valence-electron chi connectivity index (χ2n) is 7.03. The minimum atomic E-state index is -0.140. The van der Waals surface area contributed by atoms with E-state index in [1.165, 1.54) is 0 Å². The van der Waals surface area contributed by atoms with Crippen LogP contribution in [0.5, 0.6) is 0 Å². The molecule has 0 N–H and O–H groups in total. The van der Waals surface area contributed by atoms with Crippen molar-refractivity contribution in [1.82, 2.24) is 15.1 Å². The third-order valence-electron chi connectivity index (χ3n) is 5.22. The molecule has 7 nitrogen and oxygen atoms in total. The molecule has 2 aliphatic heterocycles. The third-order valence-corrected chi connectivity index (χ3v) is 5.22. The van der Waals surface area contributed by atoms with Crippen LogP contribution in [0.1, 0.15) is 47.1 Å². The fourth-order valence-electron chi connectivity index (χ4n) is 3.72. The molecule has 2 aromatic rings. The lowest BCUT2D eigenvalue weighted by atomic mass is 9.94. The number of carbonyl (C=O) groups is 2. The summed E-state index contributed by atoms with van der Waals surface area (Å²) in [6.07, 6.45) is 3.81. The highest BCUT2D eigenvalue weighted by Crippen LogP contribution is 2.31. The summed E-state index contributed by atoms with van der Waals surface area (Å²) in [4.78, 5) is 27.2. The Morgan fingerprint density at radius 3 is 2.56 bits per heavy atom. The summed E-state index contributed by atoms with van der Waals surface area (Å²) in [6, 6.07) is 11.6. The van der Waals surface area contributed by atoms with Gasteiger partial charge in [0.05, 0.1) is 6.04 Å². The van der Waals surface area contributed by atoms with E-state index in [0.717, 1.165) is 12.0 Å². The first-order valence-corrected chi connectivity index (χ1v) is 9.26. The molecule has 0 aliphatic carbocycles. The topological polar surface area (TPSA) is 79.0 Å². The highest BCUT2D eigenvalue weighted by atomic mass is 16.5. The quantitative estimate of drug-likeness (QED) is 0.837. The fourth-order valence-corrected chi connectivity index (χ4v) is 3.72. The first-order chi connectivity index (χ1) is 13.1. The van der Waals surface area contributed by atoms with Gasteiger partial charge in [-0.15, -0.1) is 0 Å². The normalized spacial score (nSPS) is 20.3. The van der Waals surface area contributed by atoms with Gasteiger partial charge in [0.1, 0.15) is 5.76 Å². The maximum absolute atomic E-state index is 13.0. The van der Waals surface area contributed by atoms with E-state index in [1.807, 2.05) is 30.3 Å². The van der Waals surface area contributed by atoms with Crippen LogP contribution >= 0.6 is 0 Å². The van der Waals surface area contributed by atoms with Crippen LogP contribution in [0.3, 0.4) is 0 Å². The molecule has 1 aromatic heterocycles. The molecule has 1 fully saturated rings. The van der Waals surface area contributed by atoms with E-state index in [4.69, 9.17) is 4.52 Å². The van der Waals surface area contributed by atoms with Gasteiger partial charge in [0.25, 0.3) is 5.91 Å². The number of amides is 2. The van der Waals surface area contributed by atoms with Crippen LogP contribution in [-0.2, 0) is 4.79 Å². The van der Waals surface area contributed by atoms with Crippen LogP contribution in [-0.4, -0.2) is 46.2 Å². The van der Waals surface area contributed by atoms with Gasteiger partial charge in [-0.25, -0.2) is 5.01 Å². The largest absolute Gasteiger partial charge is 0.361 e. The molecule has 1 unspecified atom stereocenters. The lowest BCUT2D eigenvalue weighted by Gasteiger charge is -2.33. The highest BCUT2D eigenvalue weighted by Gasteiger charge is 2.35. The number of rotatable bonds is 3. The Morgan fingerprint density at radius 1 is 1.15 bits per heavy atom. The second-order valence-corrected chi connectivity index (χ2v) is 7.03. The number of piperidine rings is 1. The number of nitrogens with zero attached hydrogens (tertiary/aromatic N) is 4. The van der Waals surface area contributed by atoms with E-state index in [-0.39, 0.29) is 23.8 Å². The smallest absolute Gasteiger partial charge is 0.276 e. The fraction of sp³-hybridized carbons (Fsp3) is 0.400. The molecule has 2 amide bonds. The number of benzene rings is 1. The minimum absolute atomic E-state index is 0.0310. The Hall–Kier alpha value is -2.96. The summed E-state index contributed by atoms with van der Waals surface area (Å²) in [5, 5.41) is 9.74. The summed E-state index contributed by atoms with van der Waals surface area (Å²) in [7, 11) is 0. The number of hydrogen-bond donors (Lipinski definition) is 0. The molecule has 1 saturated heterocycles. The van der Waals surface area contributed by atoms with Crippen molar-refractivity contribution in [2.45, 2.75) is 32.2 Å². The molecule has 3 heterocycles. The van der Waals surface area contributed by atoms with Crippen LogP contribution in [0.4, 0.5) is 0 Å². The standard InChI is InChI=1S/C20H22N4O3/c1-14-13-17(22-27-14)20(26)23-11-8-16(9-12-23)19(25)24-18(7-10-21-24)15-5-3-2-4-6-15/h2-6,10,13,16,18H,7-9,11-12H2,1H3. The maximum Gasteiger partial charge on any atom is 0.276 e. The molecule has 2 aliphatic rings. The van der Waals surface area contributed by atoms with Crippen LogP contribution in [0.15, 0.2) is 46.0 Å². The SMILES string of the molecule is Cc1cc(C(=O)N2CCC(C(=O)N3N=CCC3c3ccccc3)CC2)no1. The zero-order valence-electron chi connectivity index (χ0n) is 15.2. The van der Waals surface area contributed by atoms with Crippen LogP contribution < -0.4 is 0 Å². The highest BCUT2D eigenvalue weighted by molar-refractivity contribution is 5.92. The summed E-state index contributed by atoms with van der Waals surface area (Å²) in [5.41, 5.74) is 1.42. The van der Waals surface area contributed by atoms with Gasteiger partial charge in [0.2, 0.25) is 5.91 Å².